The van der Waals surface area contributed by atoms with Crippen molar-refractivity contribution in [3.05, 3.63) is 16.1 Å². The number of hydrogen-bond donors (Lipinski definition) is 3. The molecule has 1 aliphatic heterocycles. The van der Waals surface area contributed by atoms with Crippen LogP contribution in [0.1, 0.15) is 50.7 Å². The zero-order chi connectivity index (χ0) is 16.9. The quantitative estimate of drug-likeness (QED) is 0.785. The maximum absolute atomic E-state index is 11.9. The van der Waals surface area contributed by atoms with Crippen LogP contribution in [0.2, 0.25) is 0 Å². The van der Waals surface area contributed by atoms with Gasteiger partial charge in [-0.3, -0.25) is 4.79 Å². The molecule has 0 aliphatic carbocycles. The fourth-order valence-corrected chi connectivity index (χ4v) is 3.36. The third-order valence-corrected chi connectivity index (χ3v) is 4.69. The summed E-state index contributed by atoms with van der Waals surface area (Å²) in [5, 5.41) is 11.4. The minimum atomic E-state index is -0.426. The van der Waals surface area contributed by atoms with E-state index in [1.807, 2.05) is 0 Å². The zero-order valence-electron chi connectivity index (χ0n) is 14.1. The van der Waals surface area contributed by atoms with E-state index in [-0.39, 0.29) is 17.4 Å². The number of aromatic nitrogens is 1. The van der Waals surface area contributed by atoms with Crippen LogP contribution in [0.4, 0.5) is 4.79 Å². The molecule has 0 saturated carbocycles. The Kier molecular flexibility index (Phi) is 5.98. The van der Waals surface area contributed by atoms with Crippen molar-refractivity contribution in [2.24, 2.45) is 0 Å². The molecule has 1 atom stereocenters. The molecule has 2 heterocycles. The van der Waals surface area contributed by atoms with Gasteiger partial charge in [0.25, 0.3) is 0 Å². The number of hydrogen-bond acceptors (Lipinski definition) is 4. The van der Waals surface area contributed by atoms with Crippen LogP contribution in [0, 0.1) is 0 Å². The lowest BCUT2D eigenvalue weighted by Gasteiger charge is -2.15. The van der Waals surface area contributed by atoms with Crippen LogP contribution in [-0.4, -0.2) is 36.1 Å². The number of nitrogens with zero attached hydrogens (tertiary/aromatic N) is 1. The standard InChI is InChI=1S/C16H26N4O2S/c1-16(2,3)12-10-23-13(20-12)7-9-18-15(22)19-11-6-4-5-8-17-14(11)21/h10-11H,4-9H2,1-3H3,(H,17,21)(H2,18,19,22)/t11-/m1/s1. The average molecular weight is 338 g/mol. The first kappa shape index (κ1) is 17.7. The average Bonchev–Trinajstić information content (AvgIpc) is 2.86. The topological polar surface area (TPSA) is 83.1 Å². The lowest BCUT2D eigenvalue weighted by Crippen LogP contribution is -2.49. The minimum Gasteiger partial charge on any atom is -0.354 e. The third-order valence-electron chi connectivity index (χ3n) is 3.79. The summed E-state index contributed by atoms with van der Waals surface area (Å²) in [6.07, 6.45) is 3.30. The summed E-state index contributed by atoms with van der Waals surface area (Å²) in [5.41, 5.74) is 1.13. The molecule has 7 heteroatoms. The van der Waals surface area contributed by atoms with Crippen LogP contribution in [0.3, 0.4) is 0 Å². The fourth-order valence-electron chi connectivity index (χ4n) is 2.34. The van der Waals surface area contributed by atoms with Gasteiger partial charge < -0.3 is 16.0 Å². The molecule has 23 heavy (non-hydrogen) atoms. The minimum absolute atomic E-state index is 0.0480. The van der Waals surface area contributed by atoms with Gasteiger partial charge in [0.1, 0.15) is 6.04 Å². The first-order valence-corrected chi connectivity index (χ1v) is 9.01. The maximum atomic E-state index is 11.9. The Morgan fingerprint density at radius 3 is 2.91 bits per heavy atom. The van der Waals surface area contributed by atoms with Crippen molar-refractivity contribution in [2.45, 2.75) is 57.9 Å². The molecular formula is C16H26N4O2S. The normalized spacial score (nSPS) is 18.9. The fraction of sp³-hybridized carbons (Fsp3) is 0.688. The lowest BCUT2D eigenvalue weighted by molar-refractivity contribution is -0.122. The highest BCUT2D eigenvalue weighted by molar-refractivity contribution is 7.09. The predicted molar refractivity (Wildman–Crippen MR) is 91.7 cm³/mol. The molecule has 128 valence electrons. The Hall–Kier alpha value is -1.63. The smallest absolute Gasteiger partial charge is 0.315 e. The molecule has 0 aromatic carbocycles. The van der Waals surface area contributed by atoms with E-state index in [1.165, 1.54) is 0 Å². The van der Waals surface area contributed by atoms with E-state index in [0.717, 1.165) is 23.5 Å². The summed E-state index contributed by atoms with van der Waals surface area (Å²) in [4.78, 5) is 28.3. The van der Waals surface area contributed by atoms with Crippen LogP contribution >= 0.6 is 11.3 Å². The number of carbonyl (C=O) groups is 2. The van der Waals surface area contributed by atoms with Crippen LogP contribution in [0.15, 0.2) is 5.38 Å². The Morgan fingerprint density at radius 2 is 2.22 bits per heavy atom. The first-order chi connectivity index (χ1) is 10.9. The summed E-state index contributed by atoms with van der Waals surface area (Å²) in [7, 11) is 0. The van der Waals surface area contributed by atoms with Crippen LogP contribution in [0.5, 0.6) is 0 Å². The highest BCUT2D eigenvalue weighted by atomic mass is 32.1. The number of nitrogens with one attached hydrogen (secondary N) is 3. The summed E-state index contributed by atoms with van der Waals surface area (Å²) >= 11 is 1.62. The molecule has 0 radical (unpaired) electrons. The van der Waals surface area contributed by atoms with Crippen molar-refractivity contribution < 1.29 is 9.59 Å². The Morgan fingerprint density at radius 1 is 1.43 bits per heavy atom. The van der Waals surface area contributed by atoms with E-state index in [9.17, 15) is 9.59 Å². The molecule has 1 aromatic rings. The molecule has 6 nitrogen and oxygen atoms in total. The molecule has 2 rings (SSSR count). The van der Waals surface area contributed by atoms with Crippen LogP contribution in [-0.2, 0) is 16.6 Å². The van der Waals surface area contributed by atoms with Crippen molar-refractivity contribution in [2.75, 3.05) is 13.1 Å². The van der Waals surface area contributed by atoms with Gasteiger partial charge in [-0.05, 0) is 19.3 Å². The highest BCUT2D eigenvalue weighted by Crippen LogP contribution is 2.23. The maximum Gasteiger partial charge on any atom is 0.315 e. The second-order valence-electron chi connectivity index (χ2n) is 6.87. The number of rotatable bonds is 4. The van der Waals surface area contributed by atoms with Gasteiger partial charge in [-0.2, -0.15) is 0 Å². The Bertz CT molecular complexity index is 551. The van der Waals surface area contributed by atoms with Gasteiger partial charge in [-0.25, -0.2) is 9.78 Å². The molecule has 3 amide bonds. The van der Waals surface area contributed by atoms with Crippen molar-refractivity contribution in [1.29, 1.82) is 0 Å². The lowest BCUT2D eigenvalue weighted by atomic mass is 9.93. The predicted octanol–water partition coefficient (Wildman–Crippen LogP) is 1.95. The number of urea groups is 1. The summed E-state index contributed by atoms with van der Waals surface area (Å²) in [5.74, 6) is -0.0904. The van der Waals surface area contributed by atoms with E-state index in [4.69, 9.17) is 0 Å². The third kappa shape index (κ3) is 5.49. The molecule has 1 aromatic heterocycles. The Labute approximate surface area is 141 Å². The summed E-state index contributed by atoms with van der Waals surface area (Å²) in [6, 6.07) is -0.718. The summed E-state index contributed by atoms with van der Waals surface area (Å²) < 4.78 is 0. The van der Waals surface area contributed by atoms with E-state index >= 15 is 0 Å². The van der Waals surface area contributed by atoms with Gasteiger partial charge in [0.15, 0.2) is 0 Å². The second kappa shape index (κ2) is 7.77. The van der Waals surface area contributed by atoms with Crippen molar-refractivity contribution in [3.8, 4) is 0 Å². The molecule has 0 unspecified atom stereocenters. The number of carbonyl (C=O) groups excluding carboxylic acids is 2. The molecule has 0 bridgehead atoms. The van der Waals surface area contributed by atoms with Crippen molar-refractivity contribution in [1.82, 2.24) is 20.9 Å². The van der Waals surface area contributed by atoms with Gasteiger partial charge in [-0.15, -0.1) is 11.3 Å². The molecule has 1 fully saturated rings. The highest BCUT2D eigenvalue weighted by Gasteiger charge is 2.22. The van der Waals surface area contributed by atoms with Crippen LogP contribution < -0.4 is 16.0 Å². The summed E-state index contributed by atoms with van der Waals surface area (Å²) in [6.45, 7) is 7.61. The first-order valence-electron chi connectivity index (χ1n) is 8.13. The van der Waals surface area contributed by atoms with E-state index in [0.29, 0.717) is 25.9 Å². The van der Waals surface area contributed by atoms with Gasteiger partial charge in [0.05, 0.1) is 10.7 Å². The van der Waals surface area contributed by atoms with Gasteiger partial charge in [-0.1, -0.05) is 20.8 Å². The number of amides is 3. The van der Waals surface area contributed by atoms with E-state index in [2.05, 4.69) is 47.1 Å². The zero-order valence-corrected chi connectivity index (χ0v) is 14.9. The monoisotopic (exact) mass is 338 g/mol. The van der Waals surface area contributed by atoms with Crippen LogP contribution in [0.25, 0.3) is 0 Å². The molecule has 0 spiro atoms. The SMILES string of the molecule is CC(C)(C)c1csc(CCNC(=O)N[C@@H]2CCCCNC2=O)n1. The largest absolute Gasteiger partial charge is 0.354 e. The van der Waals surface area contributed by atoms with Crippen molar-refractivity contribution >= 4 is 23.3 Å². The van der Waals surface area contributed by atoms with E-state index in [1.54, 1.807) is 11.3 Å². The number of thiazole rings is 1. The Balaban J connectivity index is 1.74. The molecule has 1 saturated heterocycles. The van der Waals surface area contributed by atoms with E-state index < -0.39 is 6.04 Å². The van der Waals surface area contributed by atoms with Gasteiger partial charge in [0, 0.05) is 30.3 Å². The molecule has 3 N–H and O–H groups in total. The van der Waals surface area contributed by atoms with Gasteiger partial charge >= 0.3 is 6.03 Å². The van der Waals surface area contributed by atoms with Gasteiger partial charge in [0.2, 0.25) is 5.91 Å². The second-order valence-corrected chi connectivity index (χ2v) is 7.81. The molecule has 1 aliphatic rings. The molecular weight excluding hydrogens is 312 g/mol. The van der Waals surface area contributed by atoms with Crippen molar-refractivity contribution in [3.63, 3.8) is 0 Å².